The maximum atomic E-state index is 13.8. The molecule has 3 rings (SSSR count). The molecule has 0 radical (unpaired) electrons. The van der Waals surface area contributed by atoms with Crippen LogP contribution < -0.4 is 11.0 Å². The van der Waals surface area contributed by atoms with Gasteiger partial charge in [0, 0.05) is 0 Å². The zero-order valence-corrected chi connectivity index (χ0v) is 14.5. The number of nitrogens with one attached hydrogen (secondary N) is 1. The van der Waals surface area contributed by atoms with Gasteiger partial charge in [0.05, 0.1) is 22.3 Å². The summed E-state index contributed by atoms with van der Waals surface area (Å²) >= 11 is 5.86. The van der Waals surface area contributed by atoms with E-state index >= 15 is 0 Å². The van der Waals surface area contributed by atoms with Crippen molar-refractivity contribution in [3.05, 3.63) is 57.5 Å². The van der Waals surface area contributed by atoms with Gasteiger partial charge in [0.1, 0.15) is 17.5 Å². The summed E-state index contributed by atoms with van der Waals surface area (Å²) in [5.74, 6) is -1.64. The second-order valence-electron chi connectivity index (χ2n) is 6.42. The van der Waals surface area contributed by atoms with Crippen molar-refractivity contribution in [3.63, 3.8) is 0 Å². The van der Waals surface area contributed by atoms with E-state index in [-0.39, 0.29) is 21.5 Å². The Hall–Kier alpha value is -2.74. The lowest BCUT2D eigenvalue weighted by molar-refractivity contribution is 0.100. The lowest BCUT2D eigenvalue weighted by Crippen LogP contribution is -2.34. The molecule has 0 saturated heterocycles. The molecule has 25 heavy (non-hydrogen) atoms. The Morgan fingerprint density at radius 1 is 1.32 bits per heavy atom. The van der Waals surface area contributed by atoms with Gasteiger partial charge in [0.25, 0.3) is 11.5 Å². The monoisotopic (exact) mass is 363 g/mol. The lowest BCUT2D eigenvalue weighted by Gasteiger charge is -2.19. The average molecular weight is 364 g/mol. The molecule has 3 aromatic rings. The minimum absolute atomic E-state index is 0.0554. The SMILES string of the molecule is CC(C)(C)n1ncc2c(=O)n(NC(=O)c3c(F)cccc3Cl)cnc21. The molecule has 2 aromatic heterocycles. The fourth-order valence-electron chi connectivity index (χ4n) is 2.36. The van der Waals surface area contributed by atoms with Crippen LogP contribution in [-0.4, -0.2) is 25.3 Å². The molecule has 1 amide bonds. The van der Waals surface area contributed by atoms with Gasteiger partial charge >= 0.3 is 0 Å². The van der Waals surface area contributed by atoms with E-state index in [9.17, 15) is 14.0 Å². The summed E-state index contributed by atoms with van der Waals surface area (Å²) in [6.07, 6.45) is 2.54. The minimum atomic E-state index is -0.852. The Bertz CT molecular complexity index is 1010. The average Bonchev–Trinajstić information content (AvgIpc) is 2.95. The van der Waals surface area contributed by atoms with Crippen molar-refractivity contribution < 1.29 is 9.18 Å². The molecule has 1 aromatic carbocycles. The standard InChI is InChI=1S/C16H15ClFN5O2/c1-16(2,3)23-13-9(7-20-23)15(25)22(8-19-13)21-14(24)12-10(17)5-4-6-11(12)18/h4-8H,1-3H3,(H,21,24). The van der Waals surface area contributed by atoms with Crippen molar-refractivity contribution in [2.24, 2.45) is 0 Å². The molecule has 2 heterocycles. The Balaban J connectivity index is 2.02. The second-order valence-corrected chi connectivity index (χ2v) is 6.83. The van der Waals surface area contributed by atoms with Gasteiger partial charge in [-0.2, -0.15) is 5.10 Å². The summed E-state index contributed by atoms with van der Waals surface area (Å²) in [4.78, 5) is 29.0. The van der Waals surface area contributed by atoms with Gasteiger partial charge in [-0.05, 0) is 32.9 Å². The fourth-order valence-corrected chi connectivity index (χ4v) is 2.61. The Morgan fingerprint density at radius 3 is 2.68 bits per heavy atom. The highest BCUT2D eigenvalue weighted by molar-refractivity contribution is 6.34. The largest absolute Gasteiger partial charge is 0.283 e. The number of hydrogen-bond donors (Lipinski definition) is 1. The van der Waals surface area contributed by atoms with Crippen LogP contribution in [0.25, 0.3) is 11.0 Å². The summed E-state index contributed by atoms with van der Waals surface area (Å²) < 4.78 is 16.3. The molecule has 0 spiro atoms. The van der Waals surface area contributed by atoms with Gasteiger partial charge in [-0.15, -0.1) is 0 Å². The predicted octanol–water partition coefficient (Wildman–Crippen LogP) is 2.52. The summed E-state index contributed by atoms with van der Waals surface area (Å²) in [5.41, 5.74) is 1.45. The first-order chi connectivity index (χ1) is 11.7. The Kier molecular flexibility index (Phi) is 4.08. The molecular formula is C16H15ClFN5O2. The van der Waals surface area contributed by atoms with Crippen LogP contribution in [0.1, 0.15) is 31.1 Å². The maximum Gasteiger partial charge on any atom is 0.283 e. The normalized spacial score (nSPS) is 11.7. The molecule has 0 atom stereocenters. The molecule has 7 nitrogen and oxygen atoms in total. The number of rotatable bonds is 2. The zero-order chi connectivity index (χ0) is 18.4. The first-order valence-corrected chi connectivity index (χ1v) is 7.79. The Morgan fingerprint density at radius 2 is 2.04 bits per heavy atom. The summed E-state index contributed by atoms with van der Waals surface area (Å²) in [6, 6.07) is 3.88. The summed E-state index contributed by atoms with van der Waals surface area (Å²) in [6.45, 7) is 5.78. The topological polar surface area (TPSA) is 81.8 Å². The first kappa shape index (κ1) is 17.1. The van der Waals surface area contributed by atoms with E-state index in [1.807, 2.05) is 20.8 Å². The molecule has 0 aliphatic carbocycles. The van der Waals surface area contributed by atoms with E-state index in [2.05, 4.69) is 15.5 Å². The third-order valence-corrected chi connectivity index (χ3v) is 3.85. The number of aromatic nitrogens is 4. The number of hydrogen-bond acceptors (Lipinski definition) is 4. The number of amides is 1. The quantitative estimate of drug-likeness (QED) is 0.758. The van der Waals surface area contributed by atoms with Gasteiger partial charge in [-0.25, -0.2) is 18.7 Å². The van der Waals surface area contributed by atoms with Gasteiger partial charge in [-0.1, -0.05) is 17.7 Å². The zero-order valence-electron chi connectivity index (χ0n) is 13.7. The predicted molar refractivity (Wildman–Crippen MR) is 91.9 cm³/mol. The van der Waals surface area contributed by atoms with Crippen molar-refractivity contribution >= 4 is 28.5 Å². The summed E-state index contributed by atoms with van der Waals surface area (Å²) in [7, 11) is 0. The van der Waals surface area contributed by atoms with E-state index in [0.29, 0.717) is 5.65 Å². The molecule has 0 unspecified atom stereocenters. The highest BCUT2D eigenvalue weighted by Crippen LogP contribution is 2.19. The smallest absolute Gasteiger partial charge is 0.267 e. The minimum Gasteiger partial charge on any atom is -0.267 e. The van der Waals surface area contributed by atoms with E-state index < -0.39 is 17.3 Å². The molecule has 0 bridgehead atoms. The van der Waals surface area contributed by atoms with E-state index in [0.717, 1.165) is 17.1 Å². The highest BCUT2D eigenvalue weighted by atomic mass is 35.5. The maximum absolute atomic E-state index is 13.8. The first-order valence-electron chi connectivity index (χ1n) is 7.41. The van der Waals surface area contributed by atoms with Crippen LogP contribution in [0.4, 0.5) is 4.39 Å². The molecule has 0 aliphatic heterocycles. The number of halogens is 2. The lowest BCUT2D eigenvalue weighted by atomic mass is 10.1. The molecule has 1 N–H and O–H groups in total. The summed E-state index contributed by atoms with van der Waals surface area (Å²) in [5, 5.41) is 4.36. The van der Waals surface area contributed by atoms with Gasteiger partial charge in [-0.3, -0.25) is 15.0 Å². The van der Waals surface area contributed by atoms with Crippen LogP contribution in [0.2, 0.25) is 5.02 Å². The van der Waals surface area contributed by atoms with Crippen molar-refractivity contribution in [1.29, 1.82) is 0 Å². The number of carbonyl (C=O) groups excluding carboxylic acids is 1. The molecule has 0 aliphatic rings. The van der Waals surface area contributed by atoms with Gasteiger partial charge < -0.3 is 0 Å². The van der Waals surface area contributed by atoms with Crippen LogP contribution >= 0.6 is 11.6 Å². The van der Waals surface area contributed by atoms with Crippen molar-refractivity contribution in [3.8, 4) is 0 Å². The van der Waals surface area contributed by atoms with Gasteiger partial charge in [0.2, 0.25) is 0 Å². The Labute approximate surface area is 147 Å². The molecular weight excluding hydrogens is 349 g/mol. The van der Waals surface area contributed by atoms with Crippen molar-refractivity contribution in [1.82, 2.24) is 19.4 Å². The number of carbonyl (C=O) groups is 1. The molecule has 0 fully saturated rings. The van der Waals surface area contributed by atoms with Crippen LogP contribution in [0.5, 0.6) is 0 Å². The van der Waals surface area contributed by atoms with Crippen molar-refractivity contribution in [2.75, 3.05) is 5.43 Å². The number of benzene rings is 1. The van der Waals surface area contributed by atoms with Crippen LogP contribution in [0, 0.1) is 5.82 Å². The van der Waals surface area contributed by atoms with Gasteiger partial charge in [0.15, 0.2) is 5.65 Å². The van der Waals surface area contributed by atoms with Crippen LogP contribution in [-0.2, 0) is 5.54 Å². The third-order valence-electron chi connectivity index (χ3n) is 3.54. The number of fused-ring (bicyclic) bond motifs is 1. The molecule has 0 saturated carbocycles. The number of nitrogens with zero attached hydrogens (tertiary/aromatic N) is 4. The highest BCUT2D eigenvalue weighted by Gasteiger charge is 2.21. The van der Waals surface area contributed by atoms with Crippen LogP contribution in [0.3, 0.4) is 0 Å². The van der Waals surface area contributed by atoms with Crippen LogP contribution in [0.15, 0.2) is 35.5 Å². The molecule has 9 heteroatoms. The second kappa shape index (κ2) is 5.96. The van der Waals surface area contributed by atoms with E-state index in [1.165, 1.54) is 18.3 Å². The van der Waals surface area contributed by atoms with Crippen molar-refractivity contribution in [2.45, 2.75) is 26.3 Å². The fraction of sp³-hybridized carbons (Fsp3) is 0.250. The third kappa shape index (κ3) is 3.00. The van der Waals surface area contributed by atoms with E-state index in [4.69, 9.17) is 11.6 Å². The molecule has 130 valence electrons. The van der Waals surface area contributed by atoms with E-state index in [1.54, 1.807) is 4.68 Å².